The lowest BCUT2D eigenvalue weighted by Crippen LogP contribution is -2.42. The number of aliphatic hydroxyl groups is 1. The minimum atomic E-state index is -0.311. The lowest BCUT2D eigenvalue weighted by Gasteiger charge is -2.29. The maximum absolute atomic E-state index is 12.5. The molecule has 0 atom stereocenters. The minimum Gasteiger partial charge on any atom is -0.393 e. The van der Waals surface area contributed by atoms with Gasteiger partial charge >= 0.3 is 5.69 Å². The van der Waals surface area contributed by atoms with Crippen LogP contribution < -0.4 is 5.69 Å². The van der Waals surface area contributed by atoms with E-state index in [1.807, 2.05) is 31.2 Å². The summed E-state index contributed by atoms with van der Waals surface area (Å²) in [5.74, 6) is -0.0620. The van der Waals surface area contributed by atoms with Crippen LogP contribution in [0.25, 0.3) is 11.0 Å². The average Bonchev–Trinajstić information content (AvgIpc) is 2.80. The predicted octanol–water partition coefficient (Wildman–Crippen LogP) is 0.806. The smallest absolute Gasteiger partial charge is 0.329 e. The zero-order valence-corrected chi connectivity index (χ0v) is 12.7. The monoisotopic (exact) mass is 303 g/mol. The predicted molar refractivity (Wildman–Crippen MR) is 83.7 cm³/mol. The first-order valence-electron chi connectivity index (χ1n) is 7.75. The second kappa shape index (κ2) is 5.96. The number of nitrogens with zero attached hydrogens (tertiary/aromatic N) is 3. The van der Waals surface area contributed by atoms with Crippen molar-refractivity contribution in [2.75, 3.05) is 13.1 Å². The number of hydrogen-bond donors (Lipinski definition) is 1. The molecular weight excluding hydrogens is 282 g/mol. The summed E-state index contributed by atoms with van der Waals surface area (Å²) in [7, 11) is 0. The van der Waals surface area contributed by atoms with Gasteiger partial charge in [-0.1, -0.05) is 12.1 Å². The van der Waals surface area contributed by atoms with Gasteiger partial charge in [-0.15, -0.1) is 0 Å². The number of fused-ring (bicyclic) bond motifs is 1. The molecule has 1 N–H and O–H groups in total. The van der Waals surface area contributed by atoms with Gasteiger partial charge in [-0.3, -0.25) is 13.9 Å². The van der Waals surface area contributed by atoms with E-state index in [0.717, 1.165) is 11.0 Å². The Balaban J connectivity index is 1.89. The van der Waals surface area contributed by atoms with Crippen LogP contribution in [0.4, 0.5) is 0 Å². The number of aromatic nitrogens is 2. The van der Waals surface area contributed by atoms with Gasteiger partial charge < -0.3 is 10.0 Å². The third kappa shape index (κ3) is 2.54. The molecular formula is C16H21N3O3. The van der Waals surface area contributed by atoms with Gasteiger partial charge in [0.2, 0.25) is 5.91 Å². The van der Waals surface area contributed by atoms with Crippen molar-refractivity contribution in [1.82, 2.24) is 14.0 Å². The van der Waals surface area contributed by atoms with Gasteiger partial charge in [0, 0.05) is 19.6 Å². The van der Waals surface area contributed by atoms with Crippen molar-refractivity contribution in [2.24, 2.45) is 0 Å². The third-order valence-electron chi connectivity index (χ3n) is 4.35. The molecule has 0 spiro atoms. The Morgan fingerprint density at radius 2 is 1.77 bits per heavy atom. The number of aliphatic hydroxyl groups excluding tert-OH is 1. The van der Waals surface area contributed by atoms with E-state index >= 15 is 0 Å². The standard InChI is InChI=1S/C16H21N3O3/c1-2-18-13-5-3-4-6-14(13)19(16(18)22)11-15(21)17-9-7-12(20)8-10-17/h3-6,12,20H,2,7-11H2,1H3. The second-order valence-electron chi connectivity index (χ2n) is 5.71. The highest BCUT2D eigenvalue weighted by Crippen LogP contribution is 2.14. The van der Waals surface area contributed by atoms with E-state index in [2.05, 4.69) is 0 Å². The van der Waals surface area contributed by atoms with Crippen molar-refractivity contribution < 1.29 is 9.90 Å². The summed E-state index contributed by atoms with van der Waals surface area (Å²) in [5.41, 5.74) is 1.51. The normalized spacial score (nSPS) is 16.4. The van der Waals surface area contributed by atoms with E-state index in [-0.39, 0.29) is 24.2 Å². The van der Waals surface area contributed by atoms with Crippen molar-refractivity contribution in [1.29, 1.82) is 0 Å². The fourth-order valence-electron chi connectivity index (χ4n) is 3.08. The Morgan fingerprint density at radius 3 is 2.36 bits per heavy atom. The summed E-state index contributed by atoms with van der Waals surface area (Å²) < 4.78 is 3.23. The lowest BCUT2D eigenvalue weighted by atomic mass is 10.1. The van der Waals surface area contributed by atoms with E-state index in [1.54, 1.807) is 14.0 Å². The van der Waals surface area contributed by atoms with E-state index in [0.29, 0.717) is 32.5 Å². The summed E-state index contributed by atoms with van der Waals surface area (Å²) in [6.07, 6.45) is 0.906. The Hall–Kier alpha value is -2.08. The van der Waals surface area contributed by atoms with Crippen LogP contribution >= 0.6 is 0 Å². The second-order valence-corrected chi connectivity index (χ2v) is 5.71. The molecule has 0 unspecified atom stereocenters. The van der Waals surface area contributed by atoms with Gasteiger partial charge in [-0.25, -0.2) is 4.79 Å². The molecule has 2 heterocycles. The van der Waals surface area contributed by atoms with Gasteiger partial charge in [0.1, 0.15) is 6.54 Å². The van der Waals surface area contributed by atoms with E-state index in [1.165, 1.54) is 0 Å². The van der Waals surface area contributed by atoms with Crippen molar-refractivity contribution in [3.63, 3.8) is 0 Å². The Labute approximate surface area is 128 Å². The van der Waals surface area contributed by atoms with Crippen molar-refractivity contribution in [3.05, 3.63) is 34.7 Å². The molecule has 1 amide bonds. The number of rotatable bonds is 3. The van der Waals surface area contributed by atoms with Crippen LogP contribution in [0.1, 0.15) is 19.8 Å². The molecule has 1 aliphatic rings. The van der Waals surface area contributed by atoms with Gasteiger partial charge in [-0.05, 0) is 31.9 Å². The Kier molecular flexibility index (Phi) is 4.02. The maximum atomic E-state index is 12.5. The molecule has 2 aromatic rings. The molecule has 118 valence electrons. The van der Waals surface area contributed by atoms with E-state index < -0.39 is 0 Å². The highest BCUT2D eigenvalue weighted by Gasteiger charge is 2.23. The van der Waals surface area contributed by atoms with Crippen molar-refractivity contribution in [2.45, 2.75) is 39.0 Å². The van der Waals surface area contributed by atoms with Crippen LogP contribution in [0.2, 0.25) is 0 Å². The number of carbonyl (C=O) groups is 1. The van der Waals surface area contributed by atoms with Crippen LogP contribution in [0.15, 0.2) is 29.1 Å². The highest BCUT2D eigenvalue weighted by atomic mass is 16.3. The SMILES string of the molecule is CCn1c(=O)n(CC(=O)N2CCC(O)CC2)c2ccccc21. The van der Waals surface area contributed by atoms with Gasteiger partial charge in [0.15, 0.2) is 0 Å². The molecule has 0 aliphatic carbocycles. The summed E-state index contributed by atoms with van der Waals surface area (Å²) in [5, 5.41) is 9.52. The molecule has 3 rings (SSSR count). The van der Waals surface area contributed by atoms with Gasteiger partial charge in [-0.2, -0.15) is 0 Å². The molecule has 1 aromatic carbocycles. The number of piperidine rings is 1. The summed E-state index contributed by atoms with van der Waals surface area (Å²) in [6.45, 7) is 3.67. The molecule has 1 aliphatic heterocycles. The van der Waals surface area contributed by atoms with Gasteiger partial charge in [0.25, 0.3) is 0 Å². The first-order valence-corrected chi connectivity index (χ1v) is 7.75. The van der Waals surface area contributed by atoms with Gasteiger partial charge in [0.05, 0.1) is 17.1 Å². The van der Waals surface area contributed by atoms with Crippen LogP contribution in [-0.2, 0) is 17.9 Å². The summed E-state index contributed by atoms with van der Waals surface area (Å²) in [6, 6.07) is 7.54. The molecule has 6 nitrogen and oxygen atoms in total. The number of likely N-dealkylation sites (tertiary alicyclic amines) is 1. The number of para-hydroxylation sites is 2. The Bertz CT molecular complexity index is 739. The van der Waals surface area contributed by atoms with Crippen LogP contribution in [0.5, 0.6) is 0 Å². The van der Waals surface area contributed by atoms with Crippen LogP contribution in [0, 0.1) is 0 Å². The van der Waals surface area contributed by atoms with Crippen LogP contribution in [0.3, 0.4) is 0 Å². The Morgan fingerprint density at radius 1 is 1.18 bits per heavy atom. The number of carbonyl (C=O) groups excluding carboxylic acids is 1. The molecule has 6 heteroatoms. The first kappa shape index (κ1) is 14.8. The maximum Gasteiger partial charge on any atom is 0.329 e. The molecule has 1 saturated heterocycles. The third-order valence-corrected chi connectivity index (χ3v) is 4.35. The van der Waals surface area contributed by atoms with Crippen molar-refractivity contribution in [3.8, 4) is 0 Å². The zero-order valence-electron chi connectivity index (χ0n) is 12.7. The fourth-order valence-corrected chi connectivity index (χ4v) is 3.08. The number of benzene rings is 1. The minimum absolute atomic E-state index is 0.0580. The number of imidazole rings is 1. The largest absolute Gasteiger partial charge is 0.393 e. The number of amides is 1. The molecule has 0 radical (unpaired) electrons. The zero-order chi connectivity index (χ0) is 15.7. The van der Waals surface area contributed by atoms with Crippen molar-refractivity contribution >= 4 is 16.9 Å². The summed E-state index contributed by atoms with van der Waals surface area (Å²) in [4.78, 5) is 26.7. The summed E-state index contributed by atoms with van der Waals surface area (Å²) >= 11 is 0. The number of hydrogen-bond acceptors (Lipinski definition) is 3. The number of aryl methyl sites for hydroxylation is 1. The molecule has 0 bridgehead atoms. The topological polar surface area (TPSA) is 67.5 Å². The van der Waals surface area contributed by atoms with E-state index in [9.17, 15) is 14.7 Å². The first-order chi connectivity index (χ1) is 10.6. The average molecular weight is 303 g/mol. The van der Waals surface area contributed by atoms with Crippen LogP contribution in [-0.4, -0.2) is 44.2 Å². The molecule has 22 heavy (non-hydrogen) atoms. The quantitative estimate of drug-likeness (QED) is 0.912. The molecule has 1 aromatic heterocycles. The highest BCUT2D eigenvalue weighted by molar-refractivity contribution is 5.81. The molecule has 0 saturated carbocycles. The van der Waals surface area contributed by atoms with E-state index in [4.69, 9.17) is 0 Å². The molecule has 1 fully saturated rings. The fraction of sp³-hybridized carbons (Fsp3) is 0.500. The lowest BCUT2D eigenvalue weighted by molar-refractivity contribution is -0.133.